The van der Waals surface area contributed by atoms with Crippen LogP contribution in [0.25, 0.3) is 0 Å². The number of carbonyl (C=O) groups is 2. The lowest BCUT2D eigenvalue weighted by atomic mass is 10.1. The van der Waals surface area contributed by atoms with Gasteiger partial charge in [-0.15, -0.1) is 0 Å². The Bertz CT molecular complexity index is 784. The van der Waals surface area contributed by atoms with Crippen LogP contribution in [0.2, 0.25) is 0 Å². The molecule has 1 aromatic heterocycles. The monoisotopic (exact) mass is 367 g/mol. The molecule has 1 unspecified atom stereocenters. The lowest BCUT2D eigenvalue weighted by Gasteiger charge is -2.14. The van der Waals surface area contributed by atoms with Crippen molar-refractivity contribution >= 4 is 17.5 Å². The van der Waals surface area contributed by atoms with E-state index in [1.807, 2.05) is 36.4 Å². The molecule has 1 N–H and O–H groups in total. The lowest BCUT2D eigenvalue weighted by Crippen LogP contribution is -2.30. The number of benzene rings is 1. The van der Waals surface area contributed by atoms with Crippen LogP contribution in [-0.4, -0.2) is 29.0 Å². The van der Waals surface area contributed by atoms with Crippen molar-refractivity contribution in [2.75, 3.05) is 6.54 Å². The fraction of sp³-hybridized carbons (Fsp3) is 0.381. The first kappa shape index (κ1) is 18.9. The van der Waals surface area contributed by atoms with Crippen LogP contribution in [0.3, 0.4) is 0 Å². The predicted molar refractivity (Wildman–Crippen MR) is 103 cm³/mol. The summed E-state index contributed by atoms with van der Waals surface area (Å²) in [6, 6.07) is 13.5. The third-order valence-electron chi connectivity index (χ3n) is 4.69. The zero-order valence-corrected chi connectivity index (χ0v) is 15.6. The minimum absolute atomic E-state index is 0.0372. The summed E-state index contributed by atoms with van der Waals surface area (Å²) in [6.45, 7) is 2.90. The van der Waals surface area contributed by atoms with E-state index in [-0.39, 0.29) is 24.2 Å². The highest BCUT2D eigenvalue weighted by atomic mass is 16.3. The van der Waals surface area contributed by atoms with Crippen molar-refractivity contribution in [3.8, 4) is 0 Å². The van der Waals surface area contributed by atoms with Crippen LogP contribution >= 0.6 is 0 Å². The molecule has 0 spiro atoms. The van der Waals surface area contributed by atoms with Crippen molar-refractivity contribution < 1.29 is 14.0 Å². The second-order valence-corrected chi connectivity index (χ2v) is 6.76. The molecule has 3 rings (SSSR count). The molecule has 142 valence electrons. The van der Waals surface area contributed by atoms with Gasteiger partial charge in [0.1, 0.15) is 5.76 Å². The Balaban J connectivity index is 1.61. The molecule has 1 saturated heterocycles. The molecule has 0 saturated carbocycles. The van der Waals surface area contributed by atoms with Crippen LogP contribution in [-0.2, 0) is 16.1 Å². The Labute approximate surface area is 159 Å². The van der Waals surface area contributed by atoms with E-state index < -0.39 is 0 Å². The molecule has 0 radical (unpaired) electrons. The Kier molecular flexibility index (Phi) is 6.41. The van der Waals surface area contributed by atoms with Gasteiger partial charge in [0.15, 0.2) is 0 Å². The number of nitrogens with zero attached hydrogens (tertiary/aromatic N) is 2. The molecule has 6 nitrogen and oxygen atoms in total. The van der Waals surface area contributed by atoms with Gasteiger partial charge in [0.25, 0.3) is 0 Å². The van der Waals surface area contributed by atoms with E-state index in [1.54, 1.807) is 17.2 Å². The van der Waals surface area contributed by atoms with E-state index in [0.717, 1.165) is 30.5 Å². The topological polar surface area (TPSA) is 74.9 Å². The summed E-state index contributed by atoms with van der Waals surface area (Å²) in [6.07, 6.45) is 4.64. The molecule has 0 bridgehead atoms. The molecular formula is C21H25N3O3. The van der Waals surface area contributed by atoms with Gasteiger partial charge < -0.3 is 9.32 Å². The van der Waals surface area contributed by atoms with Gasteiger partial charge in [-0.1, -0.05) is 43.7 Å². The fourth-order valence-electron chi connectivity index (χ4n) is 3.14. The number of likely N-dealkylation sites (tertiary alicyclic amines) is 1. The maximum absolute atomic E-state index is 12.5. The highest BCUT2D eigenvalue weighted by Gasteiger charge is 2.34. The Morgan fingerprint density at radius 3 is 2.78 bits per heavy atom. The van der Waals surface area contributed by atoms with E-state index in [2.05, 4.69) is 17.5 Å². The zero-order chi connectivity index (χ0) is 19.1. The molecular weight excluding hydrogens is 342 g/mol. The maximum Gasteiger partial charge on any atom is 0.245 e. The molecule has 1 aromatic carbocycles. The summed E-state index contributed by atoms with van der Waals surface area (Å²) in [5.74, 6) is 0.0767. The molecule has 2 aromatic rings. The minimum atomic E-state index is -0.389. The number of unbranched alkanes of at least 4 members (excludes halogenated alkanes) is 1. The average Bonchev–Trinajstić information content (AvgIpc) is 3.33. The average molecular weight is 367 g/mol. The summed E-state index contributed by atoms with van der Waals surface area (Å²) in [5.41, 5.74) is 4.55. The van der Waals surface area contributed by atoms with Crippen LogP contribution in [0, 0.1) is 5.92 Å². The van der Waals surface area contributed by atoms with E-state index in [4.69, 9.17) is 4.42 Å². The highest BCUT2D eigenvalue weighted by molar-refractivity contribution is 6.01. The number of hydrogen-bond donors (Lipinski definition) is 1. The molecule has 27 heavy (non-hydrogen) atoms. The number of hydrazone groups is 1. The Hall–Kier alpha value is -2.89. The van der Waals surface area contributed by atoms with E-state index in [1.165, 1.54) is 0 Å². The van der Waals surface area contributed by atoms with Gasteiger partial charge in [0.05, 0.1) is 24.4 Å². The molecule has 2 amide bonds. The van der Waals surface area contributed by atoms with Gasteiger partial charge in [0.2, 0.25) is 11.8 Å². The molecule has 1 aliphatic heterocycles. The van der Waals surface area contributed by atoms with Crippen molar-refractivity contribution in [1.82, 2.24) is 10.3 Å². The van der Waals surface area contributed by atoms with E-state index in [0.29, 0.717) is 18.8 Å². The van der Waals surface area contributed by atoms with Gasteiger partial charge >= 0.3 is 0 Å². The minimum Gasteiger partial charge on any atom is -0.467 e. The third-order valence-corrected chi connectivity index (χ3v) is 4.69. The maximum atomic E-state index is 12.5. The van der Waals surface area contributed by atoms with Gasteiger partial charge in [-0.25, -0.2) is 5.43 Å². The van der Waals surface area contributed by atoms with Crippen molar-refractivity contribution in [3.63, 3.8) is 0 Å². The number of carbonyl (C=O) groups excluding carboxylic acids is 2. The van der Waals surface area contributed by atoms with Gasteiger partial charge in [0, 0.05) is 13.0 Å². The number of furan rings is 1. The van der Waals surface area contributed by atoms with Gasteiger partial charge in [-0.2, -0.15) is 5.10 Å². The van der Waals surface area contributed by atoms with Gasteiger partial charge in [-0.05, 0) is 30.5 Å². The van der Waals surface area contributed by atoms with Crippen molar-refractivity contribution in [3.05, 3.63) is 60.1 Å². The largest absolute Gasteiger partial charge is 0.467 e. The Morgan fingerprint density at radius 2 is 2.07 bits per heavy atom. The summed E-state index contributed by atoms with van der Waals surface area (Å²) >= 11 is 0. The van der Waals surface area contributed by atoms with Crippen LogP contribution < -0.4 is 5.43 Å². The highest BCUT2D eigenvalue weighted by Crippen LogP contribution is 2.20. The second kappa shape index (κ2) is 9.16. The smallest absolute Gasteiger partial charge is 0.245 e. The molecule has 0 aliphatic carbocycles. The first-order valence-corrected chi connectivity index (χ1v) is 9.39. The van der Waals surface area contributed by atoms with Crippen molar-refractivity contribution in [2.45, 2.75) is 39.2 Å². The molecule has 1 atom stereocenters. The SMILES string of the molecule is CCCC/C(=N\NC(=O)C1CC(=O)N(Cc2ccco2)C1)c1ccccc1. The number of hydrogen-bond acceptors (Lipinski definition) is 4. The number of nitrogens with one attached hydrogen (secondary N) is 1. The summed E-state index contributed by atoms with van der Waals surface area (Å²) < 4.78 is 5.29. The third kappa shape index (κ3) is 5.06. The molecule has 6 heteroatoms. The van der Waals surface area contributed by atoms with Crippen LogP contribution in [0.15, 0.2) is 58.2 Å². The van der Waals surface area contributed by atoms with Crippen molar-refractivity contribution in [1.29, 1.82) is 0 Å². The first-order valence-electron chi connectivity index (χ1n) is 9.39. The number of rotatable bonds is 8. The quantitative estimate of drug-likeness (QED) is 0.574. The zero-order valence-electron chi connectivity index (χ0n) is 15.6. The van der Waals surface area contributed by atoms with Crippen LogP contribution in [0.1, 0.15) is 43.9 Å². The number of amides is 2. The first-order chi connectivity index (χ1) is 13.2. The predicted octanol–water partition coefficient (Wildman–Crippen LogP) is 3.34. The lowest BCUT2D eigenvalue weighted by molar-refractivity contribution is -0.129. The van der Waals surface area contributed by atoms with E-state index >= 15 is 0 Å². The Morgan fingerprint density at radius 1 is 1.26 bits per heavy atom. The molecule has 1 fully saturated rings. The van der Waals surface area contributed by atoms with Gasteiger partial charge in [-0.3, -0.25) is 9.59 Å². The summed E-state index contributed by atoms with van der Waals surface area (Å²) in [5, 5.41) is 4.37. The van der Waals surface area contributed by atoms with Crippen LogP contribution in [0.4, 0.5) is 0 Å². The summed E-state index contributed by atoms with van der Waals surface area (Å²) in [7, 11) is 0. The molecule has 2 heterocycles. The standard InChI is InChI=1S/C21H25N3O3/c1-2-3-11-19(16-8-5-4-6-9-16)22-23-21(26)17-13-20(25)24(14-17)15-18-10-7-12-27-18/h4-10,12,17H,2-3,11,13-15H2,1H3,(H,23,26)/b22-19+. The van der Waals surface area contributed by atoms with E-state index in [9.17, 15) is 9.59 Å². The summed E-state index contributed by atoms with van der Waals surface area (Å²) in [4.78, 5) is 26.4. The second-order valence-electron chi connectivity index (χ2n) is 6.76. The normalized spacial score (nSPS) is 17.4. The van der Waals surface area contributed by atoms with Crippen molar-refractivity contribution in [2.24, 2.45) is 11.0 Å². The van der Waals surface area contributed by atoms with Crippen LogP contribution in [0.5, 0.6) is 0 Å². The fourth-order valence-corrected chi connectivity index (χ4v) is 3.14. The molecule has 1 aliphatic rings.